The van der Waals surface area contributed by atoms with Crippen molar-refractivity contribution in [1.82, 2.24) is 0 Å². The zero-order valence-corrected chi connectivity index (χ0v) is 16.5. The van der Waals surface area contributed by atoms with Gasteiger partial charge in [-0.1, -0.05) is 29.8 Å². The quantitative estimate of drug-likeness (QED) is 0.298. The van der Waals surface area contributed by atoms with Crippen molar-refractivity contribution in [3.05, 3.63) is 46.1 Å². The van der Waals surface area contributed by atoms with Crippen LogP contribution in [0.2, 0.25) is 5.02 Å². The summed E-state index contributed by atoms with van der Waals surface area (Å²) in [6.45, 7) is 2.97. The number of aliphatic imine (C=N–C) groups is 1. The lowest BCUT2D eigenvalue weighted by Crippen LogP contribution is -2.34. The molecule has 1 aliphatic rings. The average molecular weight is 397 g/mol. The fraction of sp³-hybridized carbons (Fsp3) is 0.474. The fourth-order valence-electron chi connectivity index (χ4n) is 3.15. The molecule has 0 amide bonds. The van der Waals surface area contributed by atoms with Gasteiger partial charge in [-0.3, -0.25) is 4.99 Å². The second kappa shape index (κ2) is 10.5. The lowest BCUT2D eigenvalue weighted by atomic mass is 9.76. The molecular formula is C19H25ClN2O5. The van der Waals surface area contributed by atoms with Crippen molar-refractivity contribution in [1.29, 1.82) is 0 Å². The maximum Gasteiger partial charge on any atom is 0.336 e. The summed E-state index contributed by atoms with van der Waals surface area (Å²) in [6, 6.07) is 7.37. The van der Waals surface area contributed by atoms with Gasteiger partial charge in [0.2, 0.25) is 0 Å². The van der Waals surface area contributed by atoms with Crippen LogP contribution in [-0.4, -0.2) is 52.3 Å². The van der Waals surface area contributed by atoms with Gasteiger partial charge in [0.05, 0.1) is 45.3 Å². The van der Waals surface area contributed by atoms with Gasteiger partial charge >= 0.3 is 5.97 Å². The fourth-order valence-corrected chi connectivity index (χ4v) is 3.41. The Balaban J connectivity index is 2.58. The number of nitrogens with zero attached hydrogens (tertiary/aromatic N) is 1. The highest BCUT2D eigenvalue weighted by molar-refractivity contribution is 6.31. The Hall–Kier alpha value is -1.77. The Morgan fingerprint density at radius 3 is 2.67 bits per heavy atom. The number of carbonyl (C=O) groups is 1. The molecule has 0 saturated heterocycles. The highest BCUT2D eigenvalue weighted by atomic mass is 35.5. The van der Waals surface area contributed by atoms with Gasteiger partial charge in [-0.05, 0) is 18.6 Å². The normalized spacial score (nSPS) is 19.8. The van der Waals surface area contributed by atoms with Crippen LogP contribution in [0.1, 0.15) is 18.4 Å². The Morgan fingerprint density at radius 1 is 1.30 bits per heavy atom. The van der Waals surface area contributed by atoms with Crippen LogP contribution >= 0.6 is 11.6 Å². The molecule has 0 bridgehead atoms. The first-order valence-corrected chi connectivity index (χ1v) is 8.97. The van der Waals surface area contributed by atoms with Crippen LogP contribution in [0, 0.1) is 5.92 Å². The van der Waals surface area contributed by atoms with Gasteiger partial charge in [-0.25, -0.2) is 14.6 Å². The van der Waals surface area contributed by atoms with Gasteiger partial charge in [-0.2, -0.15) is 0 Å². The SMILES string of the molecule is COOCC1C(C)=NC(COCCN)=C(C(=O)OC)C1c1ccccc1Cl. The van der Waals surface area contributed by atoms with Gasteiger partial charge in [-0.15, -0.1) is 0 Å². The molecule has 1 heterocycles. The van der Waals surface area contributed by atoms with E-state index in [0.717, 1.165) is 11.3 Å². The summed E-state index contributed by atoms with van der Waals surface area (Å²) in [4.78, 5) is 27.2. The summed E-state index contributed by atoms with van der Waals surface area (Å²) >= 11 is 6.46. The maximum atomic E-state index is 12.7. The molecule has 1 aromatic carbocycles. The number of methoxy groups -OCH3 is 1. The summed E-state index contributed by atoms with van der Waals surface area (Å²) < 4.78 is 10.6. The number of halogens is 1. The first kappa shape index (κ1) is 21.5. The molecule has 27 heavy (non-hydrogen) atoms. The van der Waals surface area contributed by atoms with E-state index in [0.29, 0.717) is 29.4 Å². The smallest absolute Gasteiger partial charge is 0.336 e. The van der Waals surface area contributed by atoms with Gasteiger partial charge in [0.1, 0.15) is 0 Å². The van der Waals surface area contributed by atoms with Crippen LogP contribution < -0.4 is 5.73 Å². The first-order valence-electron chi connectivity index (χ1n) is 8.59. The molecule has 1 aliphatic heterocycles. The number of hydrogen-bond donors (Lipinski definition) is 1. The van der Waals surface area contributed by atoms with E-state index in [9.17, 15) is 4.79 Å². The van der Waals surface area contributed by atoms with E-state index in [-0.39, 0.29) is 19.1 Å². The third-order valence-electron chi connectivity index (χ3n) is 4.38. The standard InChI is InChI=1S/C19H25ClN2O5/c1-12-14(10-27-25-3)17(13-6-4-5-7-15(13)20)18(19(23)24-2)16(22-12)11-26-9-8-21/h4-7,14,17H,8-11,21H2,1-3H3. The van der Waals surface area contributed by atoms with Gasteiger partial charge in [0.15, 0.2) is 0 Å². The summed E-state index contributed by atoms with van der Waals surface area (Å²) in [5, 5.41) is 0.545. The molecule has 8 heteroatoms. The summed E-state index contributed by atoms with van der Waals surface area (Å²) in [5.74, 6) is -1.14. The third-order valence-corrected chi connectivity index (χ3v) is 4.73. The van der Waals surface area contributed by atoms with Gasteiger partial charge in [0.25, 0.3) is 0 Å². The zero-order valence-electron chi connectivity index (χ0n) is 15.7. The number of ether oxygens (including phenoxy) is 2. The molecular weight excluding hydrogens is 372 g/mol. The van der Waals surface area contributed by atoms with Crippen molar-refractivity contribution in [2.45, 2.75) is 12.8 Å². The second-order valence-corrected chi connectivity index (χ2v) is 6.41. The van der Waals surface area contributed by atoms with E-state index in [4.69, 9.17) is 36.6 Å². The monoisotopic (exact) mass is 396 g/mol. The molecule has 2 N–H and O–H groups in total. The van der Waals surface area contributed by atoms with Crippen LogP contribution in [0.15, 0.2) is 40.5 Å². The van der Waals surface area contributed by atoms with Crippen LogP contribution in [0.4, 0.5) is 0 Å². The zero-order chi connectivity index (χ0) is 19.8. The first-order chi connectivity index (χ1) is 13.0. The Labute approximate surface area is 164 Å². The van der Waals surface area contributed by atoms with Crippen LogP contribution in [0.3, 0.4) is 0 Å². The van der Waals surface area contributed by atoms with E-state index in [1.54, 1.807) is 6.07 Å². The maximum absolute atomic E-state index is 12.7. The van der Waals surface area contributed by atoms with Crippen LogP contribution in [-0.2, 0) is 24.0 Å². The van der Waals surface area contributed by atoms with Crippen molar-refractivity contribution in [2.24, 2.45) is 16.6 Å². The minimum atomic E-state index is -0.482. The molecule has 0 saturated carbocycles. The number of hydrogen-bond acceptors (Lipinski definition) is 7. The Kier molecular flexibility index (Phi) is 8.40. The molecule has 0 aliphatic carbocycles. The van der Waals surface area contributed by atoms with E-state index >= 15 is 0 Å². The molecule has 0 spiro atoms. The predicted molar refractivity (Wildman–Crippen MR) is 103 cm³/mol. The van der Waals surface area contributed by atoms with E-state index in [2.05, 4.69) is 4.99 Å². The van der Waals surface area contributed by atoms with Crippen molar-refractivity contribution in [3.63, 3.8) is 0 Å². The van der Waals surface area contributed by atoms with Crippen molar-refractivity contribution < 1.29 is 24.0 Å². The number of rotatable bonds is 9. The summed E-state index contributed by atoms with van der Waals surface area (Å²) in [6.07, 6.45) is 0. The number of esters is 1. The molecule has 0 fully saturated rings. The van der Waals surface area contributed by atoms with E-state index in [1.807, 2.05) is 25.1 Å². The lowest BCUT2D eigenvalue weighted by molar-refractivity contribution is -0.277. The Morgan fingerprint density at radius 2 is 2.04 bits per heavy atom. The number of carbonyl (C=O) groups excluding carboxylic acids is 1. The van der Waals surface area contributed by atoms with Crippen LogP contribution in [0.25, 0.3) is 0 Å². The lowest BCUT2D eigenvalue weighted by Gasteiger charge is -2.33. The molecule has 0 aromatic heterocycles. The molecule has 2 rings (SSSR count). The van der Waals surface area contributed by atoms with Crippen LogP contribution in [0.5, 0.6) is 0 Å². The Bertz CT molecular complexity index is 720. The molecule has 7 nitrogen and oxygen atoms in total. The van der Waals surface area contributed by atoms with Crippen molar-refractivity contribution in [2.75, 3.05) is 40.6 Å². The second-order valence-electron chi connectivity index (χ2n) is 6.00. The van der Waals surface area contributed by atoms with Gasteiger partial charge in [0, 0.05) is 29.1 Å². The molecule has 1 aromatic rings. The highest BCUT2D eigenvalue weighted by Gasteiger charge is 2.39. The van der Waals surface area contributed by atoms with Crippen molar-refractivity contribution in [3.8, 4) is 0 Å². The highest BCUT2D eigenvalue weighted by Crippen LogP contribution is 2.42. The minimum absolute atomic E-state index is 0.151. The average Bonchev–Trinajstić information content (AvgIpc) is 2.67. The largest absolute Gasteiger partial charge is 0.466 e. The topological polar surface area (TPSA) is 92.4 Å². The number of benzene rings is 1. The molecule has 2 atom stereocenters. The van der Waals surface area contributed by atoms with E-state index < -0.39 is 11.9 Å². The molecule has 0 radical (unpaired) electrons. The summed E-state index contributed by atoms with van der Waals surface area (Å²) in [7, 11) is 2.77. The molecule has 148 valence electrons. The molecule has 2 unspecified atom stereocenters. The third kappa shape index (κ3) is 5.15. The minimum Gasteiger partial charge on any atom is -0.466 e. The van der Waals surface area contributed by atoms with E-state index in [1.165, 1.54) is 14.2 Å². The summed E-state index contributed by atoms with van der Waals surface area (Å²) in [5.41, 5.74) is 7.97. The number of nitrogens with two attached hydrogens (primary N) is 1. The predicted octanol–water partition coefficient (Wildman–Crippen LogP) is 2.49. The van der Waals surface area contributed by atoms with Crippen molar-refractivity contribution >= 4 is 23.3 Å². The van der Waals surface area contributed by atoms with Gasteiger partial charge < -0.3 is 15.2 Å².